The third-order valence-electron chi connectivity index (χ3n) is 3.54. The highest BCUT2D eigenvalue weighted by molar-refractivity contribution is 8.06. The molecule has 1 aromatic rings. The number of nitrogens with one attached hydrogen (secondary N) is 1. The van der Waals surface area contributed by atoms with E-state index in [0.29, 0.717) is 11.3 Å². The number of aryl methyl sites for hydroxylation is 1. The lowest BCUT2D eigenvalue weighted by atomic mass is 10.0. The van der Waals surface area contributed by atoms with E-state index < -0.39 is 0 Å². The van der Waals surface area contributed by atoms with Crippen molar-refractivity contribution in [3.05, 3.63) is 29.3 Å². The number of methoxy groups -OCH3 is 1. The van der Waals surface area contributed by atoms with E-state index in [1.165, 1.54) is 28.4 Å². The van der Waals surface area contributed by atoms with Gasteiger partial charge in [-0.3, -0.25) is 0 Å². The lowest BCUT2D eigenvalue weighted by molar-refractivity contribution is 0.405. The highest BCUT2D eigenvalue weighted by atomic mass is 32.2. The van der Waals surface area contributed by atoms with E-state index in [1.54, 1.807) is 7.11 Å². The minimum atomic E-state index is 0.522. The van der Waals surface area contributed by atoms with Crippen LogP contribution in [0, 0.1) is 6.92 Å². The Morgan fingerprint density at radius 3 is 2.89 bits per heavy atom. The summed E-state index contributed by atoms with van der Waals surface area (Å²) >= 11 is 4.19. The molecular formula is C15H23NOS2. The molecule has 4 heteroatoms. The molecule has 1 saturated heterocycles. The van der Waals surface area contributed by atoms with Gasteiger partial charge in [0.15, 0.2) is 0 Å². The van der Waals surface area contributed by atoms with Crippen molar-refractivity contribution in [3.63, 3.8) is 0 Å². The number of likely N-dealkylation sites (N-methyl/N-ethyl adjacent to an activating group) is 1. The van der Waals surface area contributed by atoms with E-state index in [2.05, 4.69) is 61.0 Å². The van der Waals surface area contributed by atoms with Crippen LogP contribution in [0.5, 0.6) is 5.75 Å². The zero-order chi connectivity index (χ0) is 13.7. The summed E-state index contributed by atoms with van der Waals surface area (Å²) < 4.78 is 5.49. The first-order valence-electron chi connectivity index (χ1n) is 6.74. The molecule has 106 valence electrons. The Balaban J connectivity index is 2.10. The molecule has 19 heavy (non-hydrogen) atoms. The molecular weight excluding hydrogens is 274 g/mol. The van der Waals surface area contributed by atoms with Crippen molar-refractivity contribution in [2.45, 2.75) is 24.6 Å². The molecule has 0 bridgehead atoms. The van der Waals surface area contributed by atoms with Gasteiger partial charge in [-0.2, -0.15) is 23.5 Å². The molecule has 0 aromatic heterocycles. The van der Waals surface area contributed by atoms with Crippen LogP contribution >= 0.6 is 23.5 Å². The van der Waals surface area contributed by atoms with E-state index in [4.69, 9.17) is 4.74 Å². The van der Waals surface area contributed by atoms with Gasteiger partial charge in [0.2, 0.25) is 0 Å². The first-order valence-corrected chi connectivity index (χ1v) is 8.95. The van der Waals surface area contributed by atoms with E-state index in [0.717, 1.165) is 12.2 Å². The number of hydrogen-bond donors (Lipinski definition) is 1. The van der Waals surface area contributed by atoms with Crippen LogP contribution in [0.15, 0.2) is 18.2 Å². The molecule has 1 aliphatic heterocycles. The van der Waals surface area contributed by atoms with E-state index >= 15 is 0 Å². The topological polar surface area (TPSA) is 21.3 Å². The maximum absolute atomic E-state index is 5.49. The van der Waals surface area contributed by atoms with Crippen LogP contribution in [-0.4, -0.2) is 42.7 Å². The van der Waals surface area contributed by atoms with Gasteiger partial charge in [-0.15, -0.1) is 0 Å². The van der Waals surface area contributed by atoms with Gasteiger partial charge in [0.1, 0.15) is 5.75 Å². The van der Waals surface area contributed by atoms with Crippen LogP contribution in [0.3, 0.4) is 0 Å². The molecule has 1 N–H and O–H groups in total. The Kier molecular flexibility index (Phi) is 5.92. The van der Waals surface area contributed by atoms with Crippen LogP contribution in [0.1, 0.15) is 11.1 Å². The standard InChI is InChI=1S/C15H23NOS2/c1-11-4-5-14(17-3)12(8-11)9-13(16-2)15-10-18-6-7-19-15/h4-5,8,13,15-16H,6-7,9-10H2,1-3H3. The summed E-state index contributed by atoms with van der Waals surface area (Å²) in [6.45, 7) is 2.14. The van der Waals surface area contributed by atoms with Crippen molar-refractivity contribution in [2.75, 3.05) is 31.4 Å². The molecule has 1 heterocycles. The smallest absolute Gasteiger partial charge is 0.122 e. The van der Waals surface area contributed by atoms with Crippen molar-refractivity contribution < 1.29 is 4.74 Å². The first kappa shape index (κ1) is 15.1. The summed E-state index contributed by atoms with van der Waals surface area (Å²) in [5.41, 5.74) is 2.62. The molecule has 0 spiro atoms. The quantitative estimate of drug-likeness (QED) is 0.901. The Bertz CT molecular complexity index is 405. The average molecular weight is 297 g/mol. The van der Waals surface area contributed by atoms with Crippen LogP contribution < -0.4 is 10.1 Å². The molecule has 0 radical (unpaired) electrons. The fourth-order valence-corrected chi connectivity index (χ4v) is 5.39. The van der Waals surface area contributed by atoms with Crippen molar-refractivity contribution >= 4 is 23.5 Å². The van der Waals surface area contributed by atoms with Crippen LogP contribution in [-0.2, 0) is 6.42 Å². The van der Waals surface area contributed by atoms with Gasteiger partial charge in [0.05, 0.1) is 7.11 Å². The fourth-order valence-electron chi connectivity index (χ4n) is 2.46. The molecule has 0 amide bonds. The summed E-state index contributed by atoms with van der Waals surface area (Å²) in [7, 11) is 3.83. The fraction of sp³-hybridized carbons (Fsp3) is 0.600. The van der Waals surface area contributed by atoms with Gasteiger partial charge in [-0.25, -0.2) is 0 Å². The van der Waals surface area contributed by atoms with Crippen LogP contribution in [0.4, 0.5) is 0 Å². The molecule has 2 atom stereocenters. The SMILES string of the molecule is CNC(Cc1cc(C)ccc1OC)C1CSCCS1. The van der Waals surface area contributed by atoms with Crippen molar-refractivity contribution in [3.8, 4) is 5.75 Å². The Morgan fingerprint density at radius 2 is 2.26 bits per heavy atom. The maximum atomic E-state index is 5.49. The second-order valence-electron chi connectivity index (χ2n) is 4.90. The predicted molar refractivity (Wildman–Crippen MR) is 87.9 cm³/mol. The summed E-state index contributed by atoms with van der Waals surface area (Å²) in [5, 5.41) is 4.20. The predicted octanol–water partition coefficient (Wildman–Crippen LogP) is 2.98. The monoisotopic (exact) mass is 297 g/mol. The van der Waals surface area contributed by atoms with Gasteiger partial charge in [0, 0.05) is 28.6 Å². The Labute approximate surface area is 125 Å². The van der Waals surface area contributed by atoms with Gasteiger partial charge >= 0.3 is 0 Å². The van der Waals surface area contributed by atoms with Gasteiger partial charge < -0.3 is 10.1 Å². The Morgan fingerprint density at radius 1 is 1.42 bits per heavy atom. The minimum absolute atomic E-state index is 0.522. The average Bonchev–Trinajstić information content (AvgIpc) is 2.46. The molecule has 2 nitrogen and oxygen atoms in total. The maximum Gasteiger partial charge on any atom is 0.122 e. The molecule has 1 fully saturated rings. The van der Waals surface area contributed by atoms with Gasteiger partial charge in [-0.1, -0.05) is 17.7 Å². The lowest BCUT2D eigenvalue weighted by Crippen LogP contribution is -2.40. The normalized spacial score (nSPS) is 21.1. The second-order valence-corrected chi connectivity index (χ2v) is 7.40. The highest BCUT2D eigenvalue weighted by Crippen LogP contribution is 2.29. The van der Waals surface area contributed by atoms with Crippen molar-refractivity contribution in [1.82, 2.24) is 5.32 Å². The van der Waals surface area contributed by atoms with Crippen LogP contribution in [0.2, 0.25) is 0 Å². The first-order chi connectivity index (χ1) is 9.24. The third kappa shape index (κ3) is 4.07. The summed E-state index contributed by atoms with van der Waals surface area (Å²) in [6.07, 6.45) is 1.04. The third-order valence-corrected chi connectivity index (χ3v) is 6.46. The minimum Gasteiger partial charge on any atom is -0.496 e. The largest absolute Gasteiger partial charge is 0.496 e. The summed E-state index contributed by atoms with van der Waals surface area (Å²) in [4.78, 5) is 0. The number of hydrogen-bond acceptors (Lipinski definition) is 4. The van der Waals surface area contributed by atoms with Crippen molar-refractivity contribution in [2.24, 2.45) is 0 Å². The van der Waals surface area contributed by atoms with Gasteiger partial charge in [0.25, 0.3) is 0 Å². The molecule has 1 aromatic carbocycles. The second kappa shape index (κ2) is 7.46. The van der Waals surface area contributed by atoms with Gasteiger partial charge in [-0.05, 0) is 32.0 Å². The zero-order valence-electron chi connectivity index (χ0n) is 11.9. The van der Waals surface area contributed by atoms with E-state index in [-0.39, 0.29) is 0 Å². The number of benzene rings is 1. The van der Waals surface area contributed by atoms with E-state index in [9.17, 15) is 0 Å². The van der Waals surface area contributed by atoms with Crippen molar-refractivity contribution in [1.29, 1.82) is 0 Å². The molecule has 0 saturated carbocycles. The number of rotatable bonds is 5. The Hall–Kier alpha value is -0.320. The number of thioether (sulfide) groups is 2. The molecule has 0 aliphatic carbocycles. The van der Waals surface area contributed by atoms with E-state index in [1.807, 2.05) is 0 Å². The number of ether oxygens (including phenoxy) is 1. The summed E-state index contributed by atoms with van der Waals surface area (Å²) in [6, 6.07) is 6.97. The lowest BCUT2D eigenvalue weighted by Gasteiger charge is -2.29. The summed E-state index contributed by atoms with van der Waals surface area (Å²) in [5.74, 6) is 4.84. The molecule has 1 aliphatic rings. The molecule has 2 unspecified atom stereocenters. The van der Waals surface area contributed by atoms with Crippen LogP contribution in [0.25, 0.3) is 0 Å². The molecule has 2 rings (SSSR count). The zero-order valence-corrected chi connectivity index (χ0v) is 13.6. The highest BCUT2D eigenvalue weighted by Gasteiger charge is 2.24.